The van der Waals surface area contributed by atoms with Gasteiger partial charge in [-0.25, -0.2) is 9.50 Å². The minimum atomic E-state index is 0.661. The highest BCUT2D eigenvalue weighted by atomic mass is 16.5. The maximum Gasteiger partial charge on any atom is 0.162 e. The molecule has 5 heterocycles. The number of aryl methyl sites for hydroxylation is 1. The summed E-state index contributed by atoms with van der Waals surface area (Å²) in [5.41, 5.74) is 6.04. The molecule has 8 heteroatoms. The van der Waals surface area contributed by atoms with Gasteiger partial charge in [-0.1, -0.05) is 0 Å². The first-order valence-electron chi connectivity index (χ1n) is 12.0. The Morgan fingerprint density at radius 2 is 1.82 bits per heavy atom. The van der Waals surface area contributed by atoms with E-state index in [0.717, 1.165) is 84.1 Å². The normalized spacial score (nSPS) is 18.1. The summed E-state index contributed by atoms with van der Waals surface area (Å²) in [7, 11) is 1.70. The van der Waals surface area contributed by atoms with Crippen LogP contribution in [-0.4, -0.2) is 77.0 Å². The first kappa shape index (κ1) is 21.3. The third-order valence-corrected chi connectivity index (χ3v) is 7.28. The van der Waals surface area contributed by atoms with E-state index in [1.165, 1.54) is 12.8 Å². The number of nitrogens with zero attached hydrogens (tertiary/aromatic N) is 6. The molecular weight excluding hydrogens is 428 g/mol. The Morgan fingerprint density at radius 3 is 2.62 bits per heavy atom. The molecule has 176 valence electrons. The second-order valence-electron chi connectivity index (χ2n) is 9.20. The van der Waals surface area contributed by atoms with Crippen LogP contribution in [0.15, 0.2) is 43.0 Å². The monoisotopic (exact) mass is 458 g/mol. The SMILES string of the molecule is COc1cc2c(-c3cnn4cc(N5CCC(N6CCOCC6)CC5)cnc34)ccnc2cc1C. The summed E-state index contributed by atoms with van der Waals surface area (Å²) in [6, 6.07) is 6.81. The van der Waals surface area contributed by atoms with E-state index >= 15 is 0 Å². The van der Waals surface area contributed by atoms with Crippen LogP contribution in [0.25, 0.3) is 27.7 Å². The number of hydrogen-bond donors (Lipinski definition) is 0. The van der Waals surface area contributed by atoms with Gasteiger partial charge in [-0.05, 0) is 49.1 Å². The number of anilines is 1. The lowest BCUT2D eigenvalue weighted by Crippen LogP contribution is -2.49. The topological polar surface area (TPSA) is 68.0 Å². The van der Waals surface area contributed by atoms with Crippen LogP contribution in [0, 0.1) is 6.92 Å². The lowest BCUT2D eigenvalue weighted by molar-refractivity contribution is 0.0115. The van der Waals surface area contributed by atoms with Gasteiger partial charge >= 0.3 is 0 Å². The highest BCUT2D eigenvalue weighted by Crippen LogP contribution is 2.34. The van der Waals surface area contributed by atoms with Crippen LogP contribution >= 0.6 is 0 Å². The molecule has 3 aromatic heterocycles. The summed E-state index contributed by atoms with van der Waals surface area (Å²) in [5, 5.41) is 5.70. The molecule has 2 aliphatic heterocycles. The predicted octanol–water partition coefficient (Wildman–Crippen LogP) is 3.56. The summed E-state index contributed by atoms with van der Waals surface area (Å²) >= 11 is 0. The first-order valence-corrected chi connectivity index (χ1v) is 12.0. The average Bonchev–Trinajstić information content (AvgIpc) is 3.31. The van der Waals surface area contributed by atoms with Gasteiger partial charge in [0.2, 0.25) is 0 Å². The molecule has 0 bridgehead atoms. The van der Waals surface area contributed by atoms with E-state index in [4.69, 9.17) is 14.5 Å². The van der Waals surface area contributed by atoms with Gasteiger partial charge in [0.1, 0.15) is 5.75 Å². The highest BCUT2D eigenvalue weighted by Gasteiger charge is 2.26. The van der Waals surface area contributed by atoms with Crippen molar-refractivity contribution in [1.29, 1.82) is 0 Å². The van der Waals surface area contributed by atoms with Crippen molar-refractivity contribution < 1.29 is 9.47 Å². The molecule has 0 saturated carbocycles. The number of ether oxygens (including phenoxy) is 2. The summed E-state index contributed by atoms with van der Waals surface area (Å²) in [4.78, 5) is 14.4. The van der Waals surface area contributed by atoms with Crippen LogP contribution in [-0.2, 0) is 4.74 Å². The molecule has 0 amide bonds. The summed E-state index contributed by atoms with van der Waals surface area (Å²) in [6.45, 7) is 7.96. The predicted molar refractivity (Wildman–Crippen MR) is 133 cm³/mol. The fourth-order valence-corrected chi connectivity index (χ4v) is 5.38. The summed E-state index contributed by atoms with van der Waals surface area (Å²) < 4.78 is 13.0. The van der Waals surface area contributed by atoms with Gasteiger partial charge in [-0.3, -0.25) is 9.88 Å². The van der Waals surface area contributed by atoms with Crippen LogP contribution in [0.3, 0.4) is 0 Å². The summed E-state index contributed by atoms with van der Waals surface area (Å²) in [5.74, 6) is 0.856. The van der Waals surface area contributed by atoms with E-state index in [1.54, 1.807) is 7.11 Å². The minimum Gasteiger partial charge on any atom is -0.496 e. The second kappa shape index (κ2) is 8.85. The van der Waals surface area contributed by atoms with Gasteiger partial charge in [0, 0.05) is 49.4 Å². The molecule has 8 nitrogen and oxygen atoms in total. The molecule has 0 aliphatic carbocycles. The maximum absolute atomic E-state index is 5.56. The van der Waals surface area contributed by atoms with Crippen molar-refractivity contribution in [3.63, 3.8) is 0 Å². The maximum atomic E-state index is 5.56. The number of rotatable bonds is 4. The Hall–Kier alpha value is -3.23. The lowest BCUT2D eigenvalue weighted by atomic mass is 10.0. The molecule has 0 N–H and O–H groups in total. The highest BCUT2D eigenvalue weighted by molar-refractivity contribution is 5.98. The van der Waals surface area contributed by atoms with Crippen molar-refractivity contribution in [2.75, 3.05) is 51.4 Å². The molecule has 2 saturated heterocycles. The van der Waals surface area contributed by atoms with E-state index in [2.05, 4.69) is 38.2 Å². The number of methoxy groups -OCH3 is 1. The largest absolute Gasteiger partial charge is 0.496 e. The van der Waals surface area contributed by atoms with E-state index in [1.807, 2.05) is 36.1 Å². The van der Waals surface area contributed by atoms with Crippen molar-refractivity contribution in [2.24, 2.45) is 0 Å². The van der Waals surface area contributed by atoms with Gasteiger partial charge in [0.05, 0.1) is 50.1 Å². The number of piperidine rings is 1. The Morgan fingerprint density at radius 1 is 1.00 bits per heavy atom. The number of fused-ring (bicyclic) bond motifs is 2. The first-order chi connectivity index (χ1) is 16.7. The quantitative estimate of drug-likeness (QED) is 0.463. The van der Waals surface area contributed by atoms with Crippen molar-refractivity contribution in [1.82, 2.24) is 24.5 Å². The van der Waals surface area contributed by atoms with Crippen LogP contribution in [0.1, 0.15) is 18.4 Å². The third-order valence-electron chi connectivity index (χ3n) is 7.28. The minimum absolute atomic E-state index is 0.661. The van der Waals surface area contributed by atoms with Gasteiger partial charge < -0.3 is 14.4 Å². The van der Waals surface area contributed by atoms with Gasteiger partial charge in [-0.2, -0.15) is 5.10 Å². The lowest BCUT2D eigenvalue weighted by Gasteiger charge is -2.40. The molecule has 0 spiro atoms. The van der Waals surface area contributed by atoms with E-state index in [9.17, 15) is 0 Å². The fraction of sp³-hybridized carbons (Fsp3) is 0.423. The van der Waals surface area contributed by atoms with Gasteiger partial charge in [-0.15, -0.1) is 0 Å². The zero-order chi connectivity index (χ0) is 23.1. The van der Waals surface area contributed by atoms with Gasteiger partial charge in [0.15, 0.2) is 5.65 Å². The Labute approximate surface area is 199 Å². The number of pyridine rings is 1. The van der Waals surface area contributed by atoms with Crippen LogP contribution in [0.2, 0.25) is 0 Å². The number of benzene rings is 1. The molecule has 0 unspecified atom stereocenters. The van der Waals surface area contributed by atoms with Crippen molar-refractivity contribution >= 4 is 22.2 Å². The number of hydrogen-bond acceptors (Lipinski definition) is 7. The van der Waals surface area contributed by atoms with Crippen LogP contribution in [0.4, 0.5) is 5.69 Å². The molecule has 6 rings (SSSR count). The smallest absolute Gasteiger partial charge is 0.162 e. The molecule has 2 fully saturated rings. The average molecular weight is 459 g/mol. The Kier molecular flexibility index (Phi) is 5.55. The van der Waals surface area contributed by atoms with Crippen molar-refractivity contribution in [3.05, 3.63) is 48.5 Å². The zero-order valence-corrected chi connectivity index (χ0v) is 19.8. The third kappa shape index (κ3) is 3.76. The van der Waals surface area contributed by atoms with E-state index in [0.29, 0.717) is 6.04 Å². The Bertz CT molecular complexity index is 1320. The summed E-state index contributed by atoms with van der Waals surface area (Å²) in [6.07, 6.45) is 10.2. The zero-order valence-electron chi connectivity index (χ0n) is 19.8. The number of aromatic nitrogens is 4. The molecular formula is C26H30N6O2. The molecule has 0 atom stereocenters. The molecule has 34 heavy (non-hydrogen) atoms. The molecule has 1 aromatic carbocycles. The molecule has 4 aromatic rings. The number of morpholine rings is 1. The Balaban J connectivity index is 1.27. The van der Waals surface area contributed by atoms with Crippen molar-refractivity contribution in [3.8, 4) is 16.9 Å². The van der Waals surface area contributed by atoms with Crippen LogP contribution < -0.4 is 9.64 Å². The van der Waals surface area contributed by atoms with E-state index in [-0.39, 0.29) is 0 Å². The van der Waals surface area contributed by atoms with Crippen LogP contribution in [0.5, 0.6) is 5.75 Å². The standard InChI is InChI=1S/C26H30N6O2/c1-18-13-24-22(14-25(18)33-2)21(3-6-27-24)23-16-29-32-17-20(15-28-26(23)32)30-7-4-19(5-8-30)31-9-11-34-12-10-31/h3,6,13-17,19H,4-5,7-12H2,1-2H3. The fourth-order valence-electron chi connectivity index (χ4n) is 5.38. The van der Waals surface area contributed by atoms with Gasteiger partial charge in [0.25, 0.3) is 0 Å². The molecule has 0 radical (unpaired) electrons. The second-order valence-corrected chi connectivity index (χ2v) is 9.20. The van der Waals surface area contributed by atoms with Crippen molar-refractivity contribution in [2.45, 2.75) is 25.8 Å². The van der Waals surface area contributed by atoms with E-state index < -0.39 is 0 Å². The molecule has 2 aliphatic rings.